The van der Waals surface area contributed by atoms with Gasteiger partial charge < -0.3 is 10.2 Å². The van der Waals surface area contributed by atoms with Crippen molar-refractivity contribution in [3.05, 3.63) is 71.2 Å². The average Bonchev–Trinajstić information content (AvgIpc) is 3.06. The number of anilines is 2. The zero-order valence-corrected chi connectivity index (χ0v) is 17.6. The minimum absolute atomic E-state index is 0.0996. The molecule has 1 aliphatic rings. The van der Waals surface area contributed by atoms with Crippen molar-refractivity contribution in [3.8, 4) is 11.3 Å². The second kappa shape index (κ2) is 9.72. The van der Waals surface area contributed by atoms with E-state index in [-0.39, 0.29) is 12.3 Å². The summed E-state index contributed by atoms with van der Waals surface area (Å²) in [5.41, 5.74) is 3.34. The van der Waals surface area contributed by atoms with Crippen LogP contribution in [0.5, 0.6) is 0 Å². The molecule has 3 aromatic rings. The molecule has 0 bridgehead atoms. The monoisotopic (exact) mass is 420 g/mol. The summed E-state index contributed by atoms with van der Waals surface area (Å²) in [7, 11) is 0. The van der Waals surface area contributed by atoms with Gasteiger partial charge in [-0.05, 0) is 48.7 Å². The van der Waals surface area contributed by atoms with E-state index >= 15 is 0 Å². The molecule has 1 aromatic heterocycles. The highest BCUT2D eigenvalue weighted by Gasteiger charge is 2.12. The van der Waals surface area contributed by atoms with Crippen LogP contribution in [0.1, 0.15) is 31.2 Å². The topological polar surface area (TPSA) is 58.1 Å². The van der Waals surface area contributed by atoms with Crippen LogP contribution in [0.3, 0.4) is 0 Å². The summed E-state index contributed by atoms with van der Waals surface area (Å²) < 4.78 is 0. The number of rotatable bonds is 5. The summed E-state index contributed by atoms with van der Waals surface area (Å²) in [6.07, 6.45) is 5.26. The minimum atomic E-state index is -0.0996. The third-order valence-electron chi connectivity index (χ3n) is 5.35. The van der Waals surface area contributed by atoms with Crippen molar-refractivity contribution in [3.63, 3.8) is 0 Å². The van der Waals surface area contributed by atoms with Crippen LogP contribution in [0.4, 0.5) is 11.5 Å². The molecule has 0 saturated carbocycles. The van der Waals surface area contributed by atoms with E-state index in [0.717, 1.165) is 41.4 Å². The lowest BCUT2D eigenvalue weighted by Crippen LogP contribution is -2.25. The summed E-state index contributed by atoms with van der Waals surface area (Å²) >= 11 is 6.13. The lowest BCUT2D eigenvalue weighted by atomic mass is 10.1. The maximum absolute atomic E-state index is 12.3. The van der Waals surface area contributed by atoms with Gasteiger partial charge >= 0.3 is 0 Å². The van der Waals surface area contributed by atoms with Crippen molar-refractivity contribution < 1.29 is 4.79 Å². The highest BCUT2D eigenvalue weighted by atomic mass is 35.5. The van der Waals surface area contributed by atoms with E-state index in [9.17, 15) is 4.79 Å². The van der Waals surface area contributed by atoms with Crippen LogP contribution in [-0.4, -0.2) is 29.2 Å². The molecule has 1 fully saturated rings. The van der Waals surface area contributed by atoms with Gasteiger partial charge in [-0.15, -0.1) is 10.2 Å². The summed E-state index contributed by atoms with van der Waals surface area (Å²) in [5.74, 6) is 0.849. The van der Waals surface area contributed by atoms with E-state index in [0.29, 0.717) is 5.02 Å². The molecule has 1 amide bonds. The van der Waals surface area contributed by atoms with Crippen molar-refractivity contribution in [2.45, 2.75) is 32.1 Å². The number of benzene rings is 2. The maximum atomic E-state index is 12.3. The van der Waals surface area contributed by atoms with Gasteiger partial charge in [0.25, 0.3) is 0 Å². The minimum Gasteiger partial charge on any atom is -0.355 e. The molecule has 1 saturated heterocycles. The number of amides is 1. The Morgan fingerprint density at radius 2 is 1.63 bits per heavy atom. The Morgan fingerprint density at radius 3 is 2.30 bits per heavy atom. The summed E-state index contributed by atoms with van der Waals surface area (Å²) in [6, 6.07) is 19.1. The van der Waals surface area contributed by atoms with Gasteiger partial charge in [0.05, 0.1) is 12.1 Å². The summed E-state index contributed by atoms with van der Waals surface area (Å²) in [6.45, 7) is 2.10. The van der Waals surface area contributed by atoms with Crippen LogP contribution in [0.15, 0.2) is 60.7 Å². The van der Waals surface area contributed by atoms with Gasteiger partial charge in [0.1, 0.15) is 0 Å². The van der Waals surface area contributed by atoms with Gasteiger partial charge in [-0.25, -0.2) is 0 Å². The second-order valence-corrected chi connectivity index (χ2v) is 7.98. The third kappa shape index (κ3) is 5.16. The first-order valence-corrected chi connectivity index (χ1v) is 10.8. The van der Waals surface area contributed by atoms with E-state index in [1.807, 2.05) is 54.6 Å². The molecular formula is C24H25ClN4O. The highest BCUT2D eigenvalue weighted by molar-refractivity contribution is 6.31. The number of carbonyl (C=O) groups excluding carboxylic acids is 1. The van der Waals surface area contributed by atoms with Crippen LogP contribution in [0.25, 0.3) is 11.3 Å². The smallest absolute Gasteiger partial charge is 0.228 e. The van der Waals surface area contributed by atoms with Gasteiger partial charge in [0, 0.05) is 29.4 Å². The predicted octanol–water partition coefficient (Wildman–Crippen LogP) is 5.36. The van der Waals surface area contributed by atoms with Gasteiger partial charge in [0.2, 0.25) is 5.91 Å². The molecule has 2 aromatic carbocycles. The Labute approximate surface area is 182 Å². The Kier molecular flexibility index (Phi) is 6.60. The first-order valence-electron chi connectivity index (χ1n) is 10.4. The zero-order valence-electron chi connectivity index (χ0n) is 16.9. The molecule has 0 unspecified atom stereocenters. The molecule has 4 rings (SSSR count). The highest BCUT2D eigenvalue weighted by Crippen LogP contribution is 2.23. The quantitative estimate of drug-likeness (QED) is 0.603. The first-order chi connectivity index (χ1) is 14.7. The van der Waals surface area contributed by atoms with E-state index in [1.165, 1.54) is 25.7 Å². The fourth-order valence-corrected chi connectivity index (χ4v) is 3.89. The molecule has 6 heteroatoms. The Balaban J connectivity index is 1.38. The predicted molar refractivity (Wildman–Crippen MR) is 122 cm³/mol. The van der Waals surface area contributed by atoms with E-state index < -0.39 is 0 Å². The standard InChI is InChI=1S/C24H25ClN4O/c25-21-8-4-3-7-19(21)17-24(30)26-20-11-9-18(10-12-20)22-13-14-23(28-27-22)29-15-5-1-2-6-16-29/h3-4,7-14H,1-2,5-6,15-17H2,(H,26,30). The van der Waals surface area contributed by atoms with Crippen molar-refractivity contribution >= 4 is 29.0 Å². The number of hydrogen-bond acceptors (Lipinski definition) is 4. The fourth-order valence-electron chi connectivity index (χ4n) is 3.69. The lowest BCUT2D eigenvalue weighted by molar-refractivity contribution is -0.115. The molecule has 1 aliphatic heterocycles. The Bertz CT molecular complexity index is 981. The SMILES string of the molecule is O=C(Cc1ccccc1Cl)Nc1ccc(-c2ccc(N3CCCCCC3)nn2)cc1. The van der Waals surface area contributed by atoms with Crippen molar-refractivity contribution in [1.82, 2.24) is 10.2 Å². The van der Waals surface area contributed by atoms with Gasteiger partial charge in [-0.1, -0.05) is 54.8 Å². The van der Waals surface area contributed by atoms with Gasteiger partial charge in [-0.3, -0.25) is 4.79 Å². The Hall–Kier alpha value is -2.92. The molecular weight excluding hydrogens is 396 g/mol. The molecule has 154 valence electrons. The lowest BCUT2D eigenvalue weighted by Gasteiger charge is -2.20. The number of halogens is 1. The number of nitrogens with one attached hydrogen (secondary N) is 1. The van der Waals surface area contributed by atoms with Gasteiger partial charge in [0.15, 0.2) is 5.82 Å². The molecule has 0 radical (unpaired) electrons. The molecule has 5 nitrogen and oxygen atoms in total. The fraction of sp³-hybridized carbons (Fsp3) is 0.292. The van der Waals surface area contributed by atoms with Crippen LogP contribution in [0.2, 0.25) is 5.02 Å². The summed E-state index contributed by atoms with van der Waals surface area (Å²) in [4.78, 5) is 14.6. The largest absolute Gasteiger partial charge is 0.355 e. The van der Waals surface area contributed by atoms with Crippen LogP contribution in [-0.2, 0) is 11.2 Å². The van der Waals surface area contributed by atoms with Crippen molar-refractivity contribution in [1.29, 1.82) is 0 Å². The second-order valence-electron chi connectivity index (χ2n) is 7.57. The molecule has 0 aliphatic carbocycles. The number of carbonyl (C=O) groups is 1. The molecule has 0 spiro atoms. The molecule has 2 heterocycles. The molecule has 30 heavy (non-hydrogen) atoms. The number of hydrogen-bond donors (Lipinski definition) is 1. The summed E-state index contributed by atoms with van der Waals surface area (Å²) in [5, 5.41) is 12.4. The van der Waals surface area contributed by atoms with Crippen LogP contribution >= 0.6 is 11.6 Å². The third-order valence-corrected chi connectivity index (χ3v) is 5.72. The van der Waals surface area contributed by atoms with Crippen LogP contribution < -0.4 is 10.2 Å². The number of nitrogens with zero attached hydrogens (tertiary/aromatic N) is 3. The van der Waals surface area contributed by atoms with E-state index in [2.05, 4.69) is 20.4 Å². The molecule has 0 atom stereocenters. The van der Waals surface area contributed by atoms with Gasteiger partial charge in [-0.2, -0.15) is 0 Å². The van der Waals surface area contributed by atoms with Crippen LogP contribution in [0, 0.1) is 0 Å². The maximum Gasteiger partial charge on any atom is 0.228 e. The zero-order chi connectivity index (χ0) is 20.8. The van der Waals surface area contributed by atoms with Crippen molar-refractivity contribution in [2.24, 2.45) is 0 Å². The Morgan fingerprint density at radius 1 is 0.900 bits per heavy atom. The normalized spacial score (nSPS) is 14.2. The first kappa shape index (κ1) is 20.4. The van der Waals surface area contributed by atoms with Crippen molar-refractivity contribution in [2.75, 3.05) is 23.3 Å². The van der Waals surface area contributed by atoms with E-state index in [1.54, 1.807) is 6.07 Å². The van der Waals surface area contributed by atoms with E-state index in [4.69, 9.17) is 11.6 Å². The number of aromatic nitrogens is 2. The molecule has 1 N–H and O–H groups in total. The average molecular weight is 421 g/mol.